The summed E-state index contributed by atoms with van der Waals surface area (Å²) < 4.78 is 29.3. The van der Waals surface area contributed by atoms with Gasteiger partial charge in [-0.1, -0.05) is 36.4 Å². The van der Waals surface area contributed by atoms with E-state index in [-0.39, 0.29) is 24.0 Å². The molecule has 3 N–H and O–H groups in total. The molecule has 0 spiro atoms. The molecule has 0 aliphatic rings. The zero-order chi connectivity index (χ0) is 29.9. The van der Waals surface area contributed by atoms with E-state index in [1.165, 1.54) is 36.0 Å². The summed E-state index contributed by atoms with van der Waals surface area (Å²) in [5.74, 6) is -1.92. The van der Waals surface area contributed by atoms with Crippen molar-refractivity contribution in [3.05, 3.63) is 125 Å². The Labute approximate surface area is 248 Å². The van der Waals surface area contributed by atoms with Crippen LogP contribution >= 0.6 is 11.8 Å². The Morgan fingerprint density at radius 3 is 2.33 bits per heavy atom. The van der Waals surface area contributed by atoms with E-state index in [0.717, 1.165) is 16.7 Å². The summed E-state index contributed by atoms with van der Waals surface area (Å²) in [6.07, 6.45) is 7.87. The molecule has 4 aromatic rings. The number of hydrogen-bond donors (Lipinski definition) is 3. The van der Waals surface area contributed by atoms with Gasteiger partial charge in [-0.3, -0.25) is 4.79 Å². The van der Waals surface area contributed by atoms with Crippen molar-refractivity contribution in [2.75, 3.05) is 25.1 Å². The van der Waals surface area contributed by atoms with Crippen LogP contribution in [0.3, 0.4) is 0 Å². The molecule has 10 heteroatoms. The maximum absolute atomic E-state index is 13.8. The first kappa shape index (κ1) is 30.9. The van der Waals surface area contributed by atoms with Gasteiger partial charge in [0.2, 0.25) is 0 Å². The van der Waals surface area contributed by atoms with Crippen molar-refractivity contribution >= 4 is 23.6 Å². The van der Waals surface area contributed by atoms with Crippen LogP contribution in [0.15, 0.2) is 85.5 Å². The van der Waals surface area contributed by atoms with Crippen molar-refractivity contribution in [2.24, 2.45) is 0 Å². The molecule has 0 fully saturated rings. The number of amides is 1. The molecule has 0 radical (unpaired) electrons. The summed E-state index contributed by atoms with van der Waals surface area (Å²) in [5, 5.41) is 15.9. The van der Waals surface area contributed by atoms with E-state index in [0.29, 0.717) is 42.9 Å². The molecule has 1 unspecified atom stereocenters. The first-order valence-electron chi connectivity index (χ1n) is 13.7. The van der Waals surface area contributed by atoms with Crippen LogP contribution in [0.4, 0.5) is 8.78 Å². The molecule has 2 atom stereocenters. The third kappa shape index (κ3) is 8.74. The number of aliphatic carboxylic acids is 1. The monoisotopic (exact) mass is 592 g/mol. The van der Waals surface area contributed by atoms with Crippen LogP contribution in [0.5, 0.6) is 0 Å². The van der Waals surface area contributed by atoms with Gasteiger partial charge in [0.1, 0.15) is 17.7 Å². The van der Waals surface area contributed by atoms with E-state index in [9.17, 15) is 23.5 Å². The first-order chi connectivity index (χ1) is 20.3. The van der Waals surface area contributed by atoms with Crippen molar-refractivity contribution in [3.63, 3.8) is 0 Å². The number of nitrogens with zero attached hydrogens (tertiary/aromatic N) is 2. The zero-order valence-electron chi connectivity index (χ0n) is 23.3. The lowest BCUT2D eigenvalue weighted by molar-refractivity contribution is -0.139. The van der Waals surface area contributed by atoms with E-state index >= 15 is 0 Å². The SMILES string of the molecule is CSCC[C@H](NC(=O)c1cc(C(CNCCn2ccnc2)c2ccc(F)cc2)ccc1Cc1ccc(F)cc1)C(=O)O. The fourth-order valence-corrected chi connectivity index (χ4v) is 5.20. The molecule has 7 nitrogen and oxygen atoms in total. The second kappa shape index (κ2) is 15.3. The second-order valence-electron chi connectivity index (χ2n) is 9.97. The number of aromatic nitrogens is 2. The quantitative estimate of drug-likeness (QED) is 0.166. The van der Waals surface area contributed by atoms with Crippen molar-refractivity contribution in [3.8, 4) is 0 Å². The van der Waals surface area contributed by atoms with E-state index in [1.54, 1.807) is 42.9 Å². The molecule has 42 heavy (non-hydrogen) atoms. The number of imidazole rings is 1. The fourth-order valence-electron chi connectivity index (χ4n) is 4.72. The maximum atomic E-state index is 13.8. The first-order valence-corrected chi connectivity index (χ1v) is 15.0. The molecule has 3 aromatic carbocycles. The van der Waals surface area contributed by atoms with Gasteiger partial charge >= 0.3 is 5.97 Å². The Kier molecular flexibility index (Phi) is 11.2. The summed E-state index contributed by atoms with van der Waals surface area (Å²) in [7, 11) is 0. The number of halogens is 2. The van der Waals surface area contributed by atoms with Crippen LogP contribution < -0.4 is 10.6 Å². The molecule has 0 bridgehead atoms. The number of thioether (sulfide) groups is 1. The molecule has 0 aliphatic carbocycles. The standard InChI is InChI=1S/C32H34F2N4O3S/c1-42-17-12-30(32(40)41)37-31(39)28-19-25(5-4-24(28)18-22-2-8-26(33)9-3-22)29(23-6-10-27(34)11-7-23)20-35-13-15-38-16-14-36-21-38/h2-11,14,16,19,21,29-30,35H,12-13,15,17-18,20H2,1H3,(H,37,39)(H,40,41)/t29?,30-/m0/s1. The number of carbonyl (C=O) groups excluding carboxylic acids is 1. The van der Waals surface area contributed by atoms with Gasteiger partial charge in [-0.05, 0) is 77.4 Å². The molecule has 0 aliphatic heterocycles. The Morgan fingerprint density at radius 1 is 1.00 bits per heavy atom. The molecule has 1 amide bonds. The van der Waals surface area contributed by atoms with Crippen LogP contribution in [0, 0.1) is 11.6 Å². The van der Waals surface area contributed by atoms with Gasteiger partial charge < -0.3 is 20.3 Å². The predicted molar refractivity (Wildman–Crippen MR) is 161 cm³/mol. The maximum Gasteiger partial charge on any atom is 0.326 e. The highest BCUT2D eigenvalue weighted by molar-refractivity contribution is 7.98. The number of carbonyl (C=O) groups is 2. The lowest BCUT2D eigenvalue weighted by atomic mass is 9.87. The highest BCUT2D eigenvalue weighted by Crippen LogP contribution is 2.28. The molecule has 1 aromatic heterocycles. The fraction of sp³-hybridized carbons (Fsp3) is 0.281. The van der Waals surface area contributed by atoms with Crippen LogP contribution in [0.25, 0.3) is 0 Å². The van der Waals surface area contributed by atoms with Gasteiger partial charge in [0.05, 0.1) is 6.33 Å². The largest absolute Gasteiger partial charge is 0.480 e. The molecular formula is C32H34F2N4O3S. The zero-order valence-corrected chi connectivity index (χ0v) is 24.1. The molecule has 4 rings (SSSR count). The van der Waals surface area contributed by atoms with Crippen molar-refractivity contribution in [2.45, 2.75) is 31.3 Å². The van der Waals surface area contributed by atoms with Crippen LogP contribution in [-0.4, -0.2) is 57.7 Å². The molecular weight excluding hydrogens is 558 g/mol. The third-order valence-corrected chi connectivity index (χ3v) is 7.67. The smallest absolute Gasteiger partial charge is 0.326 e. The topological polar surface area (TPSA) is 96.3 Å². The molecule has 1 heterocycles. The summed E-state index contributed by atoms with van der Waals surface area (Å²) >= 11 is 1.51. The minimum atomic E-state index is -1.10. The third-order valence-electron chi connectivity index (χ3n) is 7.03. The van der Waals surface area contributed by atoms with Gasteiger partial charge in [-0.25, -0.2) is 18.6 Å². The molecule has 220 valence electrons. The Morgan fingerprint density at radius 2 is 1.69 bits per heavy atom. The van der Waals surface area contributed by atoms with Gasteiger partial charge in [0.25, 0.3) is 5.91 Å². The summed E-state index contributed by atoms with van der Waals surface area (Å²) in [5.41, 5.74) is 3.53. The highest BCUT2D eigenvalue weighted by atomic mass is 32.2. The molecule has 0 saturated carbocycles. The Bertz CT molecular complexity index is 1450. The normalized spacial score (nSPS) is 12.5. The summed E-state index contributed by atoms with van der Waals surface area (Å²) in [4.78, 5) is 29.6. The van der Waals surface area contributed by atoms with Gasteiger partial charge in [0, 0.05) is 43.5 Å². The Hall–Kier alpha value is -4.02. The minimum Gasteiger partial charge on any atom is -0.480 e. The Balaban J connectivity index is 1.66. The number of benzene rings is 3. The van der Waals surface area contributed by atoms with Gasteiger partial charge in [-0.15, -0.1) is 0 Å². The minimum absolute atomic E-state index is 0.216. The number of nitrogens with one attached hydrogen (secondary N) is 2. The summed E-state index contributed by atoms with van der Waals surface area (Å²) in [6, 6.07) is 16.9. The van der Waals surface area contributed by atoms with Crippen molar-refractivity contribution in [1.29, 1.82) is 0 Å². The van der Waals surface area contributed by atoms with Gasteiger partial charge in [-0.2, -0.15) is 11.8 Å². The van der Waals surface area contributed by atoms with Crippen molar-refractivity contribution in [1.82, 2.24) is 20.2 Å². The van der Waals surface area contributed by atoms with E-state index in [4.69, 9.17) is 0 Å². The number of hydrogen-bond acceptors (Lipinski definition) is 5. The van der Waals surface area contributed by atoms with E-state index in [2.05, 4.69) is 15.6 Å². The van der Waals surface area contributed by atoms with Crippen molar-refractivity contribution < 1.29 is 23.5 Å². The van der Waals surface area contributed by atoms with E-state index in [1.807, 2.05) is 29.2 Å². The van der Waals surface area contributed by atoms with E-state index < -0.39 is 17.9 Å². The van der Waals surface area contributed by atoms with Crippen LogP contribution in [0.2, 0.25) is 0 Å². The van der Waals surface area contributed by atoms with Crippen LogP contribution in [-0.2, 0) is 17.8 Å². The lowest BCUT2D eigenvalue weighted by Gasteiger charge is -2.22. The predicted octanol–water partition coefficient (Wildman–Crippen LogP) is 5.11. The van der Waals surface area contributed by atoms with Gasteiger partial charge in [0.15, 0.2) is 0 Å². The average molecular weight is 593 g/mol. The number of carboxylic acid groups (broad SMARTS) is 1. The molecule has 0 saturated heterocycles. The lowest BCUT2D eigenvalue weighted by Crippen LogP contribution is -2.41. The number of carboxylic acids is 1. The average Bonchev–Trinajstić information content (AvgIpc) is 3.51. The number of rotatable bonds is 15. The highest BCUT2D eigenvalue weighted by Gasteiger charge is 2.24. The second-order valence-corrected chi connectivity index (χ2v) is 11.0. The van der Waals surface area contributed by atoms with Crippen LogP contribution in [0.1, 0.15) is 45.0 Å². The summed E-state index contributed by atoms with van der Waals surface area (Å²) in [6.45, 7) is 1.90.